The van der Waals surface area contributed by atoms with E-state index in [4.69, 9.17) is 18.6 Å². The van der Waals surface area contributed by atoms with E-state index in [-0.39, 0.29) is 17.1 Å². The molecule has 0 saturated carbocycles. The second kappa shape index (κ2) is 10.1. The van der Waals surface area contributed by atoms with Crippen LogP contribution in [0.2, 0.25) is 0 Å². The molecule has 1 fully saturated rings. The Hall–Kier alpha value is -3.36. The number of hydrogen-bond donors (Lipinski definition) is 1. The highest BCUT2D eigenvalue weighted by atomic mass is 16.5. The highest BCUT2D eigenvalue weighted by Crippen LogP contribution is 2.40. The lowest BCUT2D eigenvalue weighted by Gasteiger charge is -2.28. The number of ether oxygens (including phenoxy) is 3. The van der Waals surface area contributed by atoms with Gasteiger partial charge >= 0.3 is 0 Å². The lowest BCUT2D eigenvalue weighted by Crippen LogP contribution is -3.14. The first kappa shape index (κ1) is 23.4. The van der Waals surface area contributed by atoms with Crippen LogP contribution in [-0.4, -0.2) is 63.9 Å². The fourth-order valence-corrected chi connectivity index (χ4v) is 5.08. The van der Waals surface area contributed by atoms with Gasteiger partial charge in [0.25, 0.3) is 5.91 Å². The van der Waals surface area contributed by atoms with Crippen LogP contribution in [0.4, 0.5) is 0 Å². The number of nitrogens with zero attached hydrogens (tertiary/aromatic N) is 1. The number of carbonyl (C=O) groups is 1. The molecule has 1 atom stereocenters. The zero-order valence-electron chi connectivity index (χ0n) is 20.2. The van der Waals surface area contributed by atoms with E-state index >= 15 is 0 Å². The van der Waals surface area contributed by atoms with Crippen molar-refractivity contribution < 1.29 is 28.3 Å². The summed E-state index contributed by atoms with van der Waals surface area (Å²) in [7, 11) is 1.58. The van der Waals surface area contributed by atoms with Gasteiger partial charge in [-0.25, -0.2) is 0 Å². The van der Waals surface area contributed by atoms with Gasteiger partial charge in [0.2, 0.25) is 5.76 Å². The molecule has 1 aromatic heterocycles. The Morgan fingerprint density at radius 3 is 2.66 bits per heavy atom. The van der Waals surface area contributed by atoms with E-state index in [9.17, 15) is 9.59 Å². The lowest BCUT2D eigenvalue weighted by molar-refractivity contribution is -0.908. The Morgan fingerprint density at radius 1 is 1.09 bits per heavy atom. The van der Waals surface area contributed by atoms with E-state index < -0.39 is 6.04 Å². The molecule has 1 saturated heterocycles. The first-order valence-corrected chi connectivity index (χ1v) is 12.2. The molecule has 2 aromatic carbocycles. The first-order valence-electron chi connectivity index (χ1n) is 12.2. The van der Waals surface area contributed by atoms with Crippen LogP contribution in [0.3, 0.4) is 0 Å². The van der Waals surface area contributed by atoms with Crippen LogP contribution in [0.25, 0.3) is 11.0 Å². The molecule has 3 heterocycles. The summed E-state index contributed by atoms with van der Waals surface area (Å²) in [5, 5.41) is 0.474. The number of morpholine rings is 1. The molecule has 0 bridgehead atoms. The summed E-state index contributed by atoms with van der Waals surface area (Å²) >= 11 is 0. The van der Waals surface area contributed by atoms with Crippen LogP contribution < -0.4 is 19.8 Å². The van der Waals surface area contributed by atoms with E-state index in [0.29, 0.717) is 41.2 Å². The smallest absolute Gasteiger partial charge is 0.290 e. The van der Waals surface area contributed by atoms with Gasteiger partial charge in [-0.15, -0.1) is 0 Å². The van der Waals surface area contributed by atoms with Crippen LogP contribution in [0.5, 0.6) is 11.5 Å². The van der Waals surface area contributed by atoms with Crippen LogP contribution in [0.15, 0.2) is 51.7 Å². The quantitative estimate of drug-likeness (QED) is 0.533. The van der Waals surface area contributed by atoms with Gasteiger partial charge < -0.3 is 28.4 Å². The van der Waals surface area contributed by atoms with Crippen LogP contribution >= 0.6 is 0 Å². The fraction of sp³-hybridized carbons (Fsp3) is 0.407. The van der Waals surface area contributed by atoms with E-state index in [0.717, 1.165) is 44.8 Å². The monoisotopic (exact) mass is 479 g/mol. The predicted molar refractivity (Wildman–Crippen MR) is 131 cm³/mol. The van der Waals surface area contributed by atoms with Crippen molar-refractivity contribution >= 4 is 16.9 Å². The second-order valence-electron chi connectivity index (χ2n) is 8.88. The van der Waals surface area contributed by atoms with Crippen molar-refractivity contribution in [3.05, 3.63) is 69.6 Å². The van der Waals surface area contributed by atoms with E-state index in [1.54, 1.807) is 36.3 Å². The molecular formula is C27H31N2O6+. The zero-order chi connectivity index (χ0) is 24.4. The number of methoxy groups -OCH3 is 1. The number of benzene rings is 2. The highest BCUT2D eigenvalue weighted by Gasteiger charge is 2.42. The molecule has 0 unspecified atom stereocenters. The van der Waals surface area contributed by atoms with Crippen LogP contribution in [-0.2, 0) is 4.74 Å². The minimum Gasteiger partial charge on any atom is -0.493 e. The minimum atomic E-state index is -0.553. The average Bonchev–Trinajstić information content (AvgIpc) is 3.17. The SMILES string of the molecule is CCOc1ccc([C@@H]2c3c(oc4ccccc4c3=O)C(=O)N2CCC[NH+]2CCOCC2)cc1OC. The molecule has 35 heavy (non-hydrogen) atoms. The Morgan fingerprint density at radius 2 is 1.89 bits per heavy atom. The molecule has 0 radical (unpaired) electrons. The van der Waals surface area contributed by atoms with E-state index in [1.165, 1.54) is 4.90 Å². The summed E-state index contributed by atoms with van der Waals surface area (Å²) in [4.78, 5) is 30.5. The van der Waals surface area contributed by atoms with Gasteiger partial charge in [-0.1, -0.05) is 18.2 Å². The van der Waals surface area contributed by atoms with Crippen molar-refractivity contribution in [3.8, 4) is 11.5 Å². The molecule has 184 valence electrons. The molecule has 1 N–H and O–H groups in total. The van der Waals surface area contributed by atoms with Gasteiger partial charge in [-0.3, -0.25) is 9.59 Å². The van der Waals surface area contributed by atoms with Crippen LogP contribution in [0.1, 0.15) is 41.1 Å². The lowest BCUT2D eigenvalue weighted by atomic mass is 9.98. The largest absolute Gasteiger partial charge is 0.493 e. The standard InChI is InChI=1S/C27H30N2O6/c1-3-34-21-10-9-18(17-22(21)32-2)24-23-25(30)19-7-4-5-8-20(19)35-26(23)27(31)29(24)12-6-11-28-13-15-33-16-14-28/h4-5,7-10,17,24H,3,6,11-16H2,1-2H3/p+1/t24-/m1/s1. The summed E-state index contributed by atoms with van der Waals surface area (Å²) in [6, 6.07) is 12.1. The third kappa shape index (κ3) is 4.39. The number of para-hydroxylation sites is 1. The van der Waals surface area contributed by atoms with Crippen molar-refractivity contribution in [3.63, 3.8) is 0 Å². The van der Waals surface area contributed by atoms with Crippen molar-refractivity contribution in [2.45, 2.75) is 19.4 Å². The van der Waals surface area contributed by atoms with Crippen LogP contribution in [0, 0.1) is 0 Å². The number of nitrogens with one attached hydrogen (secondary N) is 1. The molecule has 1 amide bonds. The summed E-state index contributed by atoms with van der Waals surface area (Å²) in [5.74, 6) is 1.06. The normalized spacial score (nSPS) is 18.2. The number of amides is 1. The third-order valence-electron chi connectivity index (χ3n) is 6.81. The fourth-order valence-electron chi connectivity index (χ4n) is 5.08. The number of rotatable bonds is 8. The molecule has 2 aliphatic rings. The Labute approximate surface area is 204 Å². The molecule has 8 nitrogen and oxygen atoms in total. The van der Waals surface area contributed by atoms with Crippen molar-refractivity contribution in [1.82, 2.24) is 4.90 Å². The Kier molecular flexibility index (Phi) is 6.74. The van der Waals surface area contributed by atoms with Crippen molar-refractivity contribution in [1.29, 1.82) is 0 Å². The van der Waals surface area contributed by atoms with Gasteiger partial charge in [-0.2, -0.15) is 0 Å². The highest BCUT2D eigenvalue weighted by molar-refractivity contribution is 5.99. The molecular weight excluding hydrogens is 448 g/mol. The number of carbonyl (C=O) groups excluding carboxylic acids is 1. The molecule has 2 aliphatic heterocycles. The van der Waals surface area contributed by atoms with Gasteiger partial charge in [0.05, 0.1) is 50.5 Å². The average molecular weight is 480 g/mol. The first-order chi connectivity index (χ1) is 17.1. The number of hydrogen-bond acceptors (Lipinski definition) is 6. The van der Waals surface area contributed by atoms with Gasteiger partial charge in [0.1, 0.15) is 18.7 Å². The Bertz CT molecular complexity index is 1280. The van der Waals surface area contributed by atoms with E-state index in [2.05, 4.69) is 0 Å². The maximum atomic E-state index is 13.6. The molecule has 3 aromatic rings. The molecule has 0 spiro atoms. The zero-order valence-corrected chi connectivity index (χ0v) is 20.2. The van der Waals surface area contributed by atoms with Gasteiger partial charge in [0.15, 0.2) is 16.9 Å². The molecule has 0 aliphatic carbocycles. The summed E-state index contributed by atoms with van der Waals surface area (Å²) in [6.45, 7) is 7.35. The topological polar surface area (TPSA) is 82.7 Å². The maximum absolute atomic E-state index is 13.6. The van der Waals surface area contributed by atoms with Crippen molar-refractivity contribution in [2.75, 3.05) is 53.1 Å². The van der Waals surface area contributed by atoms with Gasteiger partial charge in [-0.05, 0) is 36.8 Å². The van der Waals surface area contributed by atoms with E-state index in [1.807, 2.05) is 25.1 Å². The predicted octanol–water partition coefficient (Wildman–Crippen LogP) is 2.05. The van der Waals surface area contributed by atoms with Crippen molar-refractivity contribution in [2.24, 2.45) is 0 Å². The summed E-state index contributed by atoms with van der Waals surface area (Å²) in [5.41, 5.74) is 1.43. The Balaban J connectivity index is 1.54. The number of fused-ring (bicyclic) bond motifs is 2. The summed E-state index contributed by atoms with van der Waals surface area (Å²) < 4.78 is 22.7. The maximum Gasteiger partial charge on any atom is 0.290 e. The minimum absolute atomic E-state index is 0.130. The second-order valence-corrected chi connectivity index (χ2v) is 8.88. The summed E-state index contributed by atoms with van der Waals surface area (Å²) in [6.07, 6.45) is 0.813. The van der Waals surface area contributed by atoms with Gasteiger partial charge in [0, 0.05) is 13.0 Å². The number of quaternary nitrogens is 1. The molecule has 8 heteroatoms. The third-order valence-corrected chi connectivity index (χ3v) is 6.81. The molecule has 5 rings (SSSR count).